The Morgan fingerprint density at radius 1 is 1.10 bits per heavy atom. The fourth-order valence-corrected chi connectivity index (χ4v) is 2.00. The largest absolute Gasteiger partial charge is 0.491 e. The van der Waals surface area contributed by atoms with Gasteiger partial charge in [0.1, 0.15) is 11.6 Å². The molecule has 0 atom stereocenters. The smallest absolute Gasteiger partial charge is 0.146 e. The molecule has 0 saturated carbocycles. The number of rotatable bonds is 5. The second-order valence-corrected chi connectivity index (χ2v) is 5.10. The van der Waals surface area contributed by atoms with E-state index in [-0.39, 0.29) is 11.9 Å². The Morgan fingerprint density at radius 3 is 2.40 bits per heavy atom. The highest BCUT2D eigenvalue weighted by atomic mass is 19.1. The van der Waals surface area contributed by atoms with E-state index in [4.69, 9.17) is 4.74 Å². The van der Waals surface area contributed by atoms with Crippen LogP contribution in [-0.2, 0) is 6.54 Å². The van der Waals surface area contributed by atoms with Crippen LogP contribution in [0.3, 0.4) is 0 Å². The van der Waals surface area contributed by atoms with Crippen molar-refractivity contribution in [2.24, 2.45) is 0 Å². The van der Waals surface area contributed by atoms with Crippen LogP contribution in [0.2, 0.25) is 0 Å². The number of aryl methyl sites for hydroxylation is 1. The van der Waals surface area contributed by atoms with E-state index >= 15 is 0 Å². The number of hydrogen-bond acceptors (Lipinski definition) is 2. The zero-order valence-corrected chi connectivity index (χ0v) is 12.1. The average Bonchev–Trinajstić information content (AvgIpc) is 2.39. The van der Waals surface area contributed by atoms with Gasteiger partial charge >= 0.3 is 0 Å². The van der Waals surface area contributed by atoms with E-state index in [1.165, 1.54) is 6.07 Å². The lowest BCUT2D eigenvalue weighted by molar-refractivity contribution is 0.242. The van der Waals surface area contributed by atoms with E-state index in [0.29, 0.717) is 12.2 Å². The first kappa shape index (κ1) is 14.4. The molecular weight excluding hydrogens is 253 g/mol. The number of ether oxygens (including phenoxy) is 1. The van der Waals surface area contributed by atoms with Crippen LogP contribution in [0.4, 0.5) is 10.1 Å². The molecule has 2 aromatic carbocycles. The Morgan fingerprint density at radius 2 is 1.80 bits per heavy atom. The minimum atomic E-state index is -0.218. The van der Waals surface area contributed by atoms with Gasteiger partial charge in [-0.1, -0.05) is 24.3 Å². The molecule has 0 amide bonds. The Hall–Kier alpha value is -2.03. The van der Waals surface area contributed by atoms with Crippen molar-refractivity contribution >= 4 is 5.69 Å². The summed E-state index contributed by atoms with van der Waals surface area (Å²) < 4.78 is 19.3. The van der Waals surface area contributed by atoms with Crippen LogP contribution in [0.15, 0.2) is 42.5 Å². The summed E-state index contributed by atoms with van der Waals surface area (Å²) in [5, 5.41) is 3.14. The molecule has 0 fully saturated rings. The van der Waals surface area contributed by atoms with E-state index in [0.717, 1.165) is 16.9 Å². The van der Waals surface area contributed by atoms with E-state index < -0.39 is 0 Å². The van der Waals surface area contributed by atoms with E-state index in [1.807, 2.05) is 51.1 Å². The summed E-state index contributed by atoms with van der Waals surface area (Å²) in [6.45, 7) is 6.47. The fraction of sp³-hybridized carbons (Fsp3) is 0.294. The molecule has 2 rings (SSSR count). The first-order chi connectivity index (χ1) is 9.56. The third-order valence-electron chi connectivity index (χ3n) is 2.99. The van der Waals surface area contributed by atoms with Crippen LogP contribution >= 0.6 is 0 Å². The molecule has 0 unspecified atom stereocenters. The van der Waals surface area contributed by atoms with E-state index in [2.05, 4.69) is 5.32 Å². The lowest BCUT2D eigenvalue weighted by Gasteiger charge is -2.12. The minimum Gasteiger partial charge on any atom is -0.491 e. The normalized spacial score (nSPS) is 10.7. The van der Waals surface area contributed by atoms with Gasteiger partial charge in [-0.3, -0.25) is 0 Å². The van der Waals surface area contributed by atoms with Crippen LogP contribution < -0.4 is 10.1 Å². The molecule has 0 aliphatic carbocycles. The number of anilines is 1. The van der Waals surface area contributed by atoms with Crippen molar-refractivity contribution in [3.63, 3.8) is 0 Å². The lowest BCUT2D eigenvalue weighted by Crippen LogP contribution is -2.06. The van der Waals surface area contributed by atoms with Crippen molar-refractivity contribution < 1.29 is 9.13 Å². The van der Waals surface area contributed by atoms with Crippen molar-refractivity contribution in [3.05, 3.63) is 59.4 Å². The number of hydrogen-bond donors (Lipinski definition) is 1. The monoisotopic (exact) mass is 273 g/mol. The second kappa shape index (κ2) is 6.42. The maximum absolute atomic E-state index is 13.7. The summed E-state index contributed by atoms with van der Waals surface area (Å²) in [6, 6.07) is 12.9. The fourth-order valence-electron chi connectivity index (χ4n) is 2.00. The topological polar surface area (TPSA) is 21.3 Å². The van der Waals surface area contributed by atoms with Crippen molar-refractivity contribution in [2.75, 3.05) is 5.32 Å². The standard InChI is InChI=1S/C17H20FNO/c1-12(2)20-15-9-7-14(8-10-15)11-19-17-13(3)5-4-6-16(17)18/h4-10,12,19H,11H2,1-3H3. The molecule has 0 aromatic heterocycles. The third kappa shape index (κ3) is 3.73. The maximum Gasteiger partial charge on any atom is 0.146 e. The lowest BCUT2D eigenvalue weighted by atomic mass is 10.1. The molecule has 0 radical (unpaired) electrons. The summed E-state index contributed by atoms with van der Waals surface area (Å²) in [5.41, 5.74) is 2.56. The van der Waals surface area contributed by atoms with Crippen molar-refractivity contribution in [2.45, 2.75) is 33.4 Å². The maximum atomic E-state index is 13.7. The van der Waals surface area contributed by atoms with Gasteiger partial charge in [-0.15, -0.1) is 0 Å². The van der Waals surface area contributed by atoms with Crippen LogP contribution in [0.25, 0.3) is 0 Å². The third-order valence-corrected chi connectivity index (χ3v) is 2.99. The number of nitrogens with one attached hydrogen (secondary N) is 1. The first-order valence-corrected chi connectivity index (χ1v) is 6.81. The number of para-hydroxylation sites is 1. The Kier molecular flexibility index (Phi) is 4.61. The Bertz CT molecular complexity index is 543. The molecule has 106 valence electrons. The quantitative estimate of drug-likeness (QED) is 0.864. The Labute approximate surface area is 119 Å². The number of benzene rings is 2. The zero-order valence-electron chi connectivity index (χ0n) is 12.1. The van der Waals surface area contributed by atoms with Crippen molar-refractivity contribution in [3.8, 4) is 5.75 Å². The van der Waals surface area contributed by atoms with Crippen LogP contribution in [0.1, 0.15) is 25.0 Å². The number of halogens is 1. The van der Waals surface area contributed by atoms with Crippen LogP contribution in [-0.4, -0.2) is 6.10 Å². The molecule has 3 heteroatoms. The highest BCUT2D eigenvalue weighted by Gasteiger charge is 2.04. The molecule has 20 heavy (non-hydrogen) atoms. The molecule has 2 aromatic rings. The van der Waals surface area contributed by atoms with Crippen LogP contribution in [0.5, 0.6) is 5.75 Å². The van der Waals surface area contributed by atoms with Gasteiger partial charge in [-0.2, -0.15) is 0 Å². The summed E-state index contributed by atoms with van der Waals surface area (Å²) in [7, 11) is 0. The zero-order chi connectivity index (χ0) is 14.5. The molecule has 2 nitrogen and oxygen atoms in total. The van der Waals surface area contributed by atoms with Gasteiger partial charge in [0, 0.05) is 6.54 Å². The molecular formula is C17H20FNO. The molecule has 0 heterocycles. The Balaban J connectivity index is 2.00. The van der Waals surface area contributed by atoms with Gasteiger partial charge in [0.2, 0.25) is 0 Å². The van der Waals surface area contributed by atoms with Gasteiger partial charge < -0.3 is 10.1 Å². The van der Waals surface area contributed by atoms with Crippen molar-refractivity contribution in [1.29, 1.82) is 0 Å². The molecule has 0 spiro atoms. The second-order valence-electron chi connectivity index (χ2n) is 5.10. The highest BCUT2D eigenvalue weighted by Crippen LogP contribution is 2.20. The van der Waals surface area contributed by atoms with Gasteiger partial charge in [0.25, 0.3) is 0 Å². The SMILES string of the molecule is Cc1cccc(F)c1NCc1ccc(OC(C)C)cc1. The summed E-state index contributed by atoms with van der Waals surface area (Å²) in [4.78, 5) is 0. The molecule has 0 aliphatic rings. The minimum absolute atomic E-state index is 0.167. The molecule has 0 bridgehead atoms. The summed E-state index contributed by atoms with van der Waals surface area (Å²) in [5.74, 6) is 0.635. The van der Waals surface area contributed by atoms with Gasteiger partial charge in [-0.25, -0.2) is 4.39 Å². The van der Waals surface area contributed by atoms with Crippen molar-refractivity contribution in [1.82, 2.24) is 0 Å². The first-order valence-electron chi connectivity index (χ1n) is 6.81. The van der Waals surface area contributed by atoms with E-state index in [9.17, 15) is 4.39 Å². The highest BCUT2D eigenvalue weighted by molar-refractivity contribution is 5.52. The van der Waals surface area contributed by atoms with Crippen LogP contribution in [0, 0.1) is 12.7 Å². The summed E-state index contributed by atoms with van der Waals surface area (Å²) in [6.07, 6.45) is 0.167. The van der Waals surface area contributed by atoms with Gasteiger partial charge in [0.05, 0.1) is 11.8 Å². The predicted octanol–water partition coefficient (Wildman–Crippen LogP) is 4.53. The molecule has 0 saturated heterocycles. The molecule has 1 N–H and O–H groups in total. The van der Waals surface area contributed by atoms with Gasteiger partial charge in [-0.05, 0) is 50.1 Å². The average molecular weight is 273 g/mol. The van der Waals surface area contributed by atoms with Gasteiger partial charge in [0.15, 0.2) is 0 Å². The predicted molar refractivity (Wildman–Crippen MR) is 80.7 cm³/mol. The van der Waals surface area contributed by atoms with E-state index in [1.54, 1.807) is 6.07 Å². The molecule has 0 aliphatic heterocycles. The summed E-state index contributed by atoms with van der Waals surface area (Å²) >= 11 is 0.